The molecular weight excluding hydrogens is 324 g/mol. The number of nitrogens with zero attached hydrogens (tertiary/aromatic N) is 1. The summed E-state index contributed by atoms with van der Waals surface area (Å²) in [5.41, 5.74) is 6.21. The Morgan fingerprint density at radius 2 is 2.08 bits per heavy atom. The van der Waals surface area contributed by atoms with Gasteiger partial charge in [-0.3, -0.25) is 4.79 Å². The van der Waals surface area contributed by atoms with E-state index in [0.29, 0.717) is 5.02 Å². The third-order valence-corrected chi connectivity index (χ3v) is 4.13. The molecule has 122 valence electrons. The van der Waals surface area contributed by atoms with Crippen molar-refractivity contribution in [3.63, 3.8) is 0 Å². The number of hydrogen-bond donors (Lipinski definition) is 3. The highest BCUT2D eigenvalue weighted by atomic mass is 35.5. The van der Waals surface area contributed by atoms with Crippen molar-refractivity contribution in [2.45, 2.75) is 6.92 Å². The summed E-state index contributed by atoms with van der Waals surface area (Å²) in [6.45, 7) is 2.02. The Morgan fingerprint density at radius 3 is 2.96 bits per heavy atom. The van der Waals surface area contributed by atoms with Gasteiger partial charge in [0.1, 0.15) is 0 Å². The largest absolute Gasteiger partial charge is 0.376 e. The van der Waals surface area contributed by atoms with Crippen LogP contribution in [-0.4, -0.2) is 23.7 Å². The van der Waals surface area contributed by atoms with Gasteiger partial charge in [-0.05, 0) is 30.7 Å². The topological polar surface area (TPSA) is 69.3 Å². The standard InChI is InChI=1S/C18H17ClN4O/c1-12-15(19)6-4-8-16(12)21-11-18(24)23-22-10-13-9-20-17-7-3-2-5-14(13)17/h2-10,20-21H,11H2,1H3,(H,23,24). The molecule has 0 bridgehead atoms. The van der Waals surface area contributed by atoms with Crippen LogP contribution in [0.5, 0.6) is 0 Å². The molecule has 0 spiro atoms. The van der Waals surface area contributed by atoms with Crippen LogP contribution in [-0.2, 0) is 4.79 Å². The first kappa shape index (κ1) is 16.1. The number of benzene rings is 2. The fraction of sp³-hybridized carbons (Fsp3) is 0.111. The first-order chi connectivity index (χ1) is 11.6. The number of anilines is 1. The number of carbonyl (C=O) groups is 1. The van der Waals surface area contributed by atoms with Gasteiger partial charge in [0.2, 0.25) is 0 Å². The summed E-state index contributed by atoms with van der Waals surface area (Å²) in [5.74, 6) is -0.231. The van der Waals surface area contributed by atoms with Crippen LogP contribution in [0.4, 0.5) is 5.69 Å². The van der Waals surface area contributed by atoms with Gasteiger partial charge in [0, 0.05) is 33.4 Å². The first-order valence-corrected chi connectivity index (χ1v) is 7.90. The molecule has 3 aromatic rings. The molecule has 0 saturated heterocycles. The van der Waals surface area contributed by atoms with Gasteiger partial charge in [-0.15, -0.1) is 0 Å². The van der Waals surface area contributed by atoms with Crippen molar-refractivity contribution >= 4 is 40.3 Å². The van der Waals surface area contributed by atoms with E-state index in [1.165, 1.54) is 0 Å². The molecular formula is C18H17ClN4O. The molecule has 1 heterocycles. The third kappa shape index (κ3) is 3.58. The molecule has 1 amide bonds. The van der Waals surface area contributed by atoms with Gasteiger partial charge in [0.15, 0.2) is 0 Å². The second-order valence-electron chi connectivity index (χ2n) is 5.35. The Labute approximate surface area is 144 Å². The maximum absolute atomic E-state index is 11.9. The fourth-order valence-electron chi connectivity index (χ4n) is 2.39. The van der Waals surface area contributed by atoms with Crippen molar-refractivity contribution in [3.05, 3.63) is 64.8 Å². The number of hydrazone groups is 1. The summed E-state index contributed by atoms with van der Waals surface area (Å²) in [5, 5.41) is 8.78. The molecule has 0 atom stereocenters. The maximum atomic E-state index is 11.9. The number of aromatic amines is 1. The number of hydrogen-bond acceptors (Lipinski definition) is 3. The number of amides is 1. The summed E-state index contributed by atoms with van der Waals surface area (Å²) in [6.07, 6.45) is 3.48. The molecule has 0 saturated carbocycles. The minimum absolute atomic E-state index is 0.117. The van der Waals surface area contributed by atoms with Crippen LogP contribution in [0.15, 0.2) is 53.8 Å². The SMILES string of the molecule is Cc1c(Cl)cccc1NCC(=O)NN=Cc1c[nH]c2ccccc12. The van der Waals surface area contributed by atoms with Gasteiger partial charge in [0.25, 0.3) is 5.91 Å². The van der Waals surface area contributed by atoms with E-state index in [9.17, 15) is 4.79 Å². The number of nitrogens with one attached hydrogen (secondary N) is 3. The highest BCUT2D eigenvalue weighted by Crippen LogP contribution is 2.22. The molecule has 0 fully saturated rings. The van der Waals surface area contributed by atoms with Gasteiger partial charge in [0.05, 0.1) is 12.8 Å². The zero-order valence-corrected chi connectivity index (χ0v) is 13.9. The maximum Gasteiger partial charge on any atom is 0.259 e. The molecule has 0 aliphatic heterocycles. The van der Waals surface area contributed by atoms with Crippen molar-refractivity contribution < 1.29 is 4.79 Å². The number of rotatable bonds is 5. The molecule has 3 rings (SSSR count). The average Bonchev–Trinajstić information content (AvgIpc) is 3.00. The molecule has 1 aromatic heterocycles. The minimum Gasteiger partial charge on any atom is -0.376 e. The molecule has 0 aliphatic rings. The minimum atomic E-state index is -0.231. The normalized spacial score (nSPS) is 11.1. The Hall–Kier alpha value is -2.79. The van der Waals surface area contributed by atoms with Gasteiger partial charge in [-0.2, -0.15) is 5.10 Å². The lowest BCUT2D eigenvalue weighted by Gasteiger charge is -2.09. The fourth-order valence-corrected chi connectivity index (χ4v) is 2.56. The van der Waals surface area contributed by atoms with E-state index in [1.807, 2.05) is 55.6 Å². The van der Waals surface area contributed by atoms with E-state index in [-0.39, 0.29) is 12.5 Å². The van der Waals surface area contributed by atoms with Crippen LogP contribution < -0.4 is 10.7 Å². The van der Waals surface area contributed by atoms with Crippen LogP contribution in [0.1, 0.15) is 11.1 Å². The molecule has 3 N–H and O–H groups in total. The molecule has 6 heteroatoms. The van der Waals surface area contributed by atoms with E-state index in [2.05, 4.69) is 20.8 Å². The quantitative estimate of drug-likeness (QED) is 0.489. The predicted molar refractivity (Wildman–Crippen MR) is 98.7 cm³/mol. The summed E-state index contributed by atoms with van der Waals surface area (Å²) >= 11 is 6.05. The van der Waals surface area contributed by atoms with Crippen LogP contribution in [0, 0.1) is 6.92 Å². The Morgan fingerprint density at radius 1 is 1.25 bits per heavy atom. The lowest BCUT2D eigenvalue weighted by atomic mass is 10.2. The number of para-hydroxylation sites is 1. The van der Waals surface area contributed by atoms with Crippen molar-refractivity contribution in [1.29, 1.82) is 0 Å². The summed E-state index contributed by atoms with van der Waals surface area (Å²) < 4.78 is 0. The van der Waals surface area contributed by atoms with E-state index in [0.717, 1.165) is 27.7 Å². The van der Waals surface area contributed by atoms with Crippen molar-refractivity contribution in [1.82, 2.24) is 10.4 Å². The van der Waals surface area contributed by atoms with Crippen LogP contribution in [0.25, 0.3) is 10.9 Å². The number of aromatic nitrogens is 1. The van der Waals surface area contributed by atoms with E-state index in [4.69, 9.17) is 11.6 Å². The summed E-state index contributed by atoms with van der Waals surface area (Å²) in [7, 11) is 0. The Balaban J connectivity index is 1.56. The number of H-pyrrole nitrogens is 1. The van der Waals surface area contributed by atoms with Gasteiger partial charge in [-0.25, -0.2) is 5.43 Å². The third-order valence-electron chi connectivity index (χ3n) is 3.72. The number of carbonyl (C=O) groups excluding carboxylic acids is 1. The smallest absolute Gasteiger partial charge is 0.259 e. The zero-order valence-electron chi connectivity index (χ0n) is 13.1. The van der Waals surface area contributed by atoms with Crippen LogP contribution in [0.3, 0.4) is 0 Å². The summed E-state index contributed by atoms with van der Waals surface area (Å²) in [4.78, 5) is 15.0. The van der Waals surface area contributed by atoms with E-state index >= 15 is 0 Å². The van der Waals surface area contributed by atoms with E-state index < -0.39 is 0 Å². The highest BCUT2D eigenvalue weighted by Gasteiger charge is 2.04. The Bertz CT molecular complexity index is 901. The molecule has 0 aliphatic carbocycles. The molecule has 24 heavy (non-hydrogen) atoms. The second kappa shape index (κ2) is 7.19. The van der Waals surface area contributed by atoms with E-state index in [1.54, 1.807) is 6.21 Å². The molecule has 2 aromatic carbocycles. The lowest BCUT2D eigenvalue weighted by Crippen LogP contribution is -2.26. The van der Waals surface area contributed by atoms with Gasteiger partial charge < -0.3 is 10.3 Å². The lowest BCUT2D eigenvalue weighted by molar-refractivity contribution is -0.119. The monoisotopic (exact) mass is 340 g/mol. The number of halogens is 1. The van der Waals surface area contributed by atoms with Crippen molar-refractivity contribution in [2.24, 2.45) is 5.10 Å². The van der Waals surface area contributed by atoms with Gasteiger partial charge >= 0.3 is 0 Å². The molecule has 0 unspecified atom stereocenters. The summed E-state index contributed by atoms with van der Waals surface area (Å²) in [6, 6.07) is 13.4. The average molecular weight is 341 g/mol. The Kier molecular flexibility index (Phi) is 4.82. The van der Waals surface area contributed by atoms with Gasteiger partial charge in [-0.1, -0.05) is 35.9 Å². The van der Waals surface area contributed by atoms with Crippen molar-refractivity contribution in [2.75, 3.05) is 11.9 Å². The highest BCUT2D eigenvalue weighted by molar-refractivity contribution is 6.31. The molecule has 5 nitrogen and oxygen atoms in total. The predicted octanol–water partition coefficient (Wildman–Crippen LogP) is 3.69. The van der Waals surface area contributed by atoms with Crippen LogP contribution >= 0.6 is 11.6 Å². The number of fused-ring (bicyclic) bond motifs is 1. The second-order valence-corrected chi connectivity index (χ2v) is 5.76. The zero-order chi connectivity index (χ0) is 16.9. The van der Waals surface area contributed by atoms with Crippen molar-refractivity contribution in [3.8, 4) is 0 Å². The molecule has 0 radical (unpaired) electrons. The van der Waals surface area contributed by atoms with Crippen LogP contribution in [0.2, 0.25) is 5.02 Å². The first-order valence-electron chi connectivity index (χ1n) is 7.52.